The lowest BCUT2D eigenvalue weighted by Gasteiger charge is -2.23. The summed E-state index contributed by atoms with van der Waals surface area (Å²) in [6, 6.07) is 1.90. The number of ether oxygens (including phenoxy) is 1. The molecule has 0 amide bonds. The molecule has 5 heteroatoms. The summed E-state index contributed by atoms with van der Waals surface area (Å²) >= 11 is 0. The summed E-state index contributed by atoms with van der Waals surface area (Å²) < 4.78 is 5.39. The summed E-state index contributed by atoms with van der Waals surface area (Å²) in [6.07, 6.45) is 2.65. The number of nitrogens with zero attached hydrogens (tertiary/aromatic N) is 3. The minimum atomic E-state index is 0.626. The van der Waals surface area contributed by atoms with E-state index in [0.717, 1.165) is 31.9 Å². The maximum atomic E-state index is 5.39. The topological polar surface area (TPSA) is 50.3 Å². The molecule has 0 bridgehead atoms. The number of hydrogen-bond donors (Lipinski definition) is 1. The third-order valence-corrected chi connectivity index (χ3v) is 2.37. The SMILES string of the molecule is CCCN(CCNC)c1cc(OCC)ncn1. The van der Waals surface area contributed by atoms with E-state index in [4.69, 9.17) is 4.74 Å². The summed E-state index contributed by atoms with van der Waals surface area (Å²) in [4.78, 5) is 10.6. The van der Waals surface area contributed by atoms with Crippen molar-refractivity contribution in [1.82, 2.24) is 15.3 Å². The van der Waals surface area contributed by atoms with Crippen LogP contribution < -0.4 is 15.0 Å². The third-order valence-electron chi connectivity index (χ3n) is 2.37. The van der Waals surface area contributed by atoms with Crippen molar-refractivity contribution in [2.75, 3.05) is 38.2 Å². The van der Waals surface area contributed by atoms with Crippen molar-refractivity contribution in [1.29, 1.82) is 0 Å². The van der Waals surface area contributed by atoms with Crippen LogP contribution in [0.2, 0.25) is 0 Å². The molecule has 0 radical (unpaired) electrons. The molecule has 0 saturated carbocycles. The highest BCUT2D eigenvalue weighted by atomic mass is 16.5. The molecule has 5 nitrogen and oxygen atoms in total. The summed E-state index contributed by atoms with van der Waals surface area (Å²) in [5.74, 6) is 1.57. The fourth-order valence-corrected chi connectivity index (χ4v) is 1.59. The highest BCUT2D eigenvalue weighted by molar-refractivity contribution is 5.40. The molecule has 0 atom stereocenters. The molecular formula is C12H22N4O. The highest BCUT2D eigenvalue weighted by Crippen LogP contribution is 2.15. The monoisotopic (exact) mass is 238 g/mol. The number of hydrogen-bond acceptors (Lipinski definition) is 5. The zero-order chi connectivity index (χ0) is 12.5. The fraction of sp³-hybridized carbons (Fsp3) is 0.667. The molecule has 0 unspecified atom stereocenters. The molecule has 17 heavy (non-hydrogen) atoms. The standard InChI is InChI=1S/C12H22N4O/c1-4-7-16(8-6-13-3)11-9-12(17-5-2)15-10-14-11/h9-10,13H,4-8H2,1-3H3. The van der Waals surface area contributed by atoms with Crippen LogP contribution in [0.4, 0.5) is 5.82 Å². The second-order valence-electron chi connectivity index (χ2n) is 3.74. The molecule has 0 spiro atoms. The van der Waals surface area contributed by atoms with Crippen LogP contribution in [-0.2, 0) is 0 Å². The largest absolute Gasteiger partial charge is 0.478 e. The molecule has 0 fully saturated rings. The summed E-state index contributed by atoms with van der Waals surface area (Å²) in [5.41, 5.74) is 0. The molecule has 96 valence electrons. The fourth-order valence-electron chi connectivity index (χ4n) is 1.59. The van der Waals surface area contributed by atoms with Gasteiger partial charge in [0.05, 0.1) is 6.61 Å². The van der Waals surface area contributed by atoms with Crippen molar-refractivity contribution >= 4 is 5.82 Å². The second kappa shape index (κ2) is 7.84. The average molecular weight is 238 g/mol. The Bertz CT molecular complexity index is 319. The Morgan fingerprint density at radius 1 is 1.29 bits per heavy atom. The number of aromatic nitrogens is 2. The van der Waals surface area contributed by atoms with Crippen LogP contribution in [0.15, 0.2) is 12.4 Å². The first-order valence-electron chi connectivity index (χ1n) is 6.16. The Morgan fingerprint density at radius 3 is 2.76 bits per heavy atom. The molecule has 1 rings (SSSR count). The van der Waals surface area contributed by atoms with Crippen molar-refractivity contribution in [2.45, 2.75) is 20.3 Å². The van der Waals surface area contributed by atoms with Crippen molar-refractivity contribution in [3.8, 4) is 5.88 Å². The lowest BCUT2D eigenvalue weighted by atomic mass is 10.3. The van der Waals surface area contributed by atoms with Gasteiger partial charge in [0.25, 0.3) is 0 Å². The molecule has 0 aliphatic rings. The van der Waals surface area contributed by atoms with Crippen LogP contribution >= 0.6 is 0 Å². The van der Waals surface area contributed by atoms with E-state index in [2.05, 4.69) is 27.1 Å². The van der Waals surface area contributed by atoms with E-state index in [9.17, 15) is 0 Å². The van der Waals surface area contributed by atoms with Crippen LogP contribution in [0.25, 0.3) is 0 Å². The lowest BCUT2D eigenvalue weighted by Crippen LogP contribution is -2.32. The average Bonchev–Trinajstić information content (AvgIpc) is 2.35. The van der Waals surface area contributed by atoms with Crippen LogP contribution in [0.5, 0.6) is 5.88 Å². The maximum Gasteiger partial charge on any atom is 0.218 e. The minimum Gasteiger partial charge on any atom is -0.478 e. The van der Waals surface area contributed by atoms with E-state index >= 15 is 0 Å². The van der Waals surface area contributed by atoms with E-state index in [-0.39, 0.29) is 0 Å². The molecule has 0 aliphatic heterocycles. The lowest BCUT2D eigenvalue weighted by molar-refractivity contribution is 0.326. The maximum absolute atomic E-state index is 5.39. The zero-order valence-corrected chi connectivity index (χ0v) is 10.9. The summed E-state index contributed by atoms with van der Waals surface area (Å²) in [5, 5.41) is 3.15. The molecule has 0 aliphatic carbocycles. The minimum absolute atomic E-state index is 0.626. The van der Waals surface area contributed by atoms with Gasteiger partial charge in [-0.1, -0.05) is 6.92 Å². The van der Waals surface area contributed by atoms with Crippen LogP contribution in [-0.4, -0.2) is 43.3 Å². The smallest absolute Gasteiger partial charge is 0.218 e. The van der Waals surface area contributed by atoms with Crippen molar-refractivity contribution in [3.05, 3.63) is 12.4 Å². The molecule has 1 aromatic heterocycles. The van der Waals surface area contributed by atoms with Gasteiger partial charge in [-0.2, -0.15) is 0 Å². The number of anilines is 1. The zero-order valence-electron chi connectivity index (χ0n) is 10.9. The molecular weight excluding hydrogens is 216 g/mol. The van der Waals surface area contributed by atoms with E-state index in [1.807, 2.05) is 20.0 Å². The van der Waals surface area contributed by atoms with Gasteiger partial charge in [0.1, 0.15) is 12.1 Å². The Kier molecular flexibility index (Phi) is 6.32. The Labute approximate surface area is 103 Å². The van der Waals surface area contributed by atoms with E-state index in [1.165, 1.54) is 0 Å². The molecule has 1 aromatic rings. The van der Waals surface area contributed by atoms with Crippen molar-refractivity contribution in [2.24, 2.45) is 0 Å². The third kappa shape index (κ3) is 4.56. The summed E-state index contributed by atoms with van der Waals surface area (Å²) in [7, 11) is 1.95. The first kappa shape index (κ1) is 13.7. The molecule has 0 saturated heterocycles. The van der Waals surface area contributed by atoms with Crippen LogP contribution in [0, 0.1) is 0 Å². The van der Waals surface area contributed by atoms with Gasteiger partial charge in [-0.15, -0.1) is 0 Å². The summed E-state index contributed by atoms with van der Waals surface area (Å²) in [6.45, 7) is 7.61. The Balaban J connectivity index is 2.73. The van der Waals surface area contributed by atoms with Gasteiger partial charge >= 0.3 is 0 Å². The highest BCUT2D eigenvalue weighted by Gasteiger charge is 2.08. The Hall–Kier alpha value is -1.36. The predicted octanol–water partition coefficient (Wildman–Crippen LogP) is 1.31. The molecule has 1 heterocycles. The van der Waals surface area contributed by atoms with Gasteiger partial charge in [-0.05, 0) is 20.4 Å². The predicted molar refractivity (Wildman–Crippen MR) is 69.6 cm³/mol. The van der Waals surface area contributed by atoms with E-state index < -0.39 is 0 Å². The van der Waals surface area contributed by atoms with Crippen LogP contribution in [0.1, 0.15) is 20.3 Å². The van der Waals surface area contributed by atoms with Crippen molar-refractivity contribution in [3.63, 3.8) is 0 Å². The Morgan fingerprint density at radius 2 is 2.12 bits per heavy atom. The van der Waals surface area contributed by atoms with E-state index in [0.29, 0.717) is 12.5 Å². The van der Waals surface area contributed by atoms with Gasteiger partial charge in [0.2, 0.25) is 5.88 Å². The van der Waals surface area contributed by atoms with Gasteiger partial charge in [-0.25, -0.2) is 9.97 Å². The van der Waals surface area contributed by atoms with Gasteiger partial charge in [0.15, 0.2) is 0 Å². The number of rotatable bonds is 8. The van der Waals surface area contributed by atoms with Gasteiger partial charge in [-0.3, -0.25) is 0 Å². The second-order valence-corrected chi connectivity index (χ2v) is 3.74. The first-order chi connectivity index (χ1) is 8.31. The normalized spacial score (nSPS) is 10.3. The quantitative estimate of drug-likeness (QED) is 0.740. The van der Waals surface area contributed by atoms with Gasteiger partial charge < -0.3 is 15.0 Å². The van der Waals surface area contributed by atoms with Gasteiger partial charge in [0, 0.05) is 25.7 Å². The van der Waals surface area contributed by atoms with E-state index in [1.54, 1.807) is 6.33 Å². The molecule has 0 aromatic carbocycles. The number of nitrogens with one attached hydrogen (secondary N) is 1. The number of likely N-dealkylation sites (N-methyl/N-ethyl adjacent to an activating group) is 1. The molecule has 1 N–H and O–H groups in total. The first-order valence-corrected chi connectivity index (χ1v) is 6.16. The van der Waals surface area contributed by atoms with Crippen molar-refractivity contribution < 1.29 is 4.74 Å². The van der Waals surface area contributed by atoms with Crippen LogP contribution in [0.3, 0.4) is 0 Å².